The van der Waals surface area contributed by atoms with Crippen molar-refractivity contribution in [3.8, 4) is 0 Å². The van der Waals surface area contributed by atoms with Crippen molar-refractivity contribution >= 4 is 19.7 Å². The van der Waals surface area contributed by atoms with Gasteiger partial charge in [0, 0.05) is 12.8 Å². The summed E-state index contributed by atoms with van der Waals surface area (Å²) in [5.74, 6) is -0.625. The Bertz CT molecular complexity index is 1780. The van der Waals surface area contributed by atoms with Crippen molar-refractivity contribution in [3.05, 3.63) is 134 Å². The van der Waals surface area contributed by atoms with Gasteiger partial charge < -0.3 is 19.4 Å². The Labute approximate surface area is 473 Å². The monoisotopic (exact) mass is 1090 g/mol. The summed E-state index contributed by atoms with van der Waals surface area (Å²) in [5.41, 5.74) is 0. The van der Waals surface area contributed by atoms with Crippen molar-refractivity contribution in [2.45, 2.75) is 238 Å². The summed E-state index contributed by atoms with van der Waals surface area (Å²) in [5, 5.41) is 3.00. The molecule has 0 rings (SSSR count). The zero-order chi connectivity index (χ0) is 56.4. The number of nitrogens with zero attached hydrogens (tertiary/aromatic N) is 1. The van der Waals surface area contributed by atoms with Gasteiger partial charge in [-0.15, -0.1) is 0 Å². The number of quaternary nitrogens is 1. The lowest BCUT2D eigenvalue weighted by molar-refractivity contribution is -0.870. The van der Waals surface area contributed by atoms with Gasteiger partial charge in [0.15, 0.2) is 0 Å². The second-order valence-corrected chi connectivity index (χ2v) is 22.6. The van der Waals surface area contributed by atoms with Crippen LogP contribution >= 0.6 is 7.82 Å². The summed E-state index contributed by atoms with van der Waals surface area (Å²) in [6.07, 6.45) is 79.0. The molecule has 77 heavy (non-hydrogen) atoms. The fraction of sp³-hybridized carbons (Fsp3) is 0.642. The van der Waals surface area contributed by atoms with Crippen LogP contribution in [0.4, 0.5) is 0 Å². The van der Waals surface area contributed by atoms with E-state index in [1.807, 2.05) is 45.4 Å². The van der Waals surface area contributed by atoms with E-state index in [0.29, 0.717) is 23.9 Å². The number of phosphoric ester groups is 1. The molecule has 3 unspecified atom stereocenters. The van der Waals surface area contributed by atoms with Gasteiger partial charge in [-0.05, 0) is 109 Å². The summed E-state index contributed by atoms with van der Waals surface area (Å²) in [7, 11) is 1.42. The Morgan fingerprint density at radius 1 is 0.468 bits per heavy atom. The predicted molar refractivity (Wildman–Crippen MR) is 332 cm³/mol. The fourth-order valence-corrected chi connectivity index (χ4v) is 8.69. The van der Waals surface area contributed by atoms with Crippen molar-refractivity contribution < 1.29 is 37.3 Å². The van der Waals surface area contributed by atoms with E-state index in [4.69, 9.17) is 13.8 Å². The third kappa shape index (κ3) is 56.7. The number of unbranched alkanes of at least 4 members (excludes halogenated alkanes) is 17. The maximum atomic E-state index is 13.5. The molecule has 0 aromatic carbocycles. The molecule has 1 amide bonds. The van der Waals surface area contributed by atoms with Crippen molar-refractivity contribution in [1.29, 1.82) is 0 Å². The summed E-state index contributed by atoms with van der Waals surface area (Å²) >= 11 is 0. The number of likely N-dealkylation sites (N-methyl/N-ethyl adjacent to an activating group) is 1. The first-order valence-corrected chi connectivity index (χ1v) is 32.0. The molecule has 0 saturated carbocycles. The maximum absolute atomic E-state index is 13.5. The molecule has 0 heterocycles. The van der Waals surface area contributed by atoms with Crippen LogP contribution in [-0.4, -0.2) is 74.3 Å². The van der Waals surface area contributed by atoms with Gasteiger partial charge in [0.1, 0.15) is 19.3 Å². The Hall–Kier alpha value is -3.85. The number of hydrogen-bond donors (Lipinski definition) is 2. The summed E-state index contributed by atoms with van der Waals surface area (Å²) in [6.45, 7) is 6.69. The van der Waals surface area contributed by atoms with E-state index < -0.39 is 20.0 Å². The van der Waals surface area contributed by atoms with Gasteiger partial charge in [-0.2, -0.15) is 0 Å². The minimum absolute atomic E-state index is 0.0177. The molecule has 0 aromatic rings. The fourth-order valence-electron chi connectivity index (χ4n) is 7.95. The molecular formula is C67H114N2O7P+. The highest BCUT2D eigenvalue weighted by molar-refractivity contribution is 7.47. The summed E-state index contributed by atoms with van der Waals surface area (Å²) in [4.78, 5) is 37.6. The second-order valence-electron chi connectivity index (χ2n) is 21.1. The number of nitrogens with one attached hydrogen (secondary N) is 1. The Morgan fingerprint density at radius 2 is 0.844 bits per heavy atom. The van der Waals surface area contributed by atoms with Gasteiger partial charge in [0.25, 0.3) is 0 Å². The number of ether oxygens (including phenoxy) is 1. The molecule has 9 nitrogen and oxygen atoms in total. The topological polar surface area (TPSA) is 111 Å². The van der Waals surface area contributed by atoms with Crippen LogP contribution in [0.2, 0.25) is 0 Å². The highest BCUT2D eigenvalue weighted by atomic mass is 31.2. The third-order valence-corrected chi connectivity index (χ3v) is 13.6. The maximum Gasteiger partial charge on any atom is 0.472 e. The smallest absolute Gasteiger partial charge is 0.456 e. The molecule has 0 aromatic heterocycles. The largest absolute Gasteiger partial charge is 0.472 e. The highest BCUT2D eigenvalue weighted by Gasteiger charge is 2.30. The van der Waals surface area contributed by atoms with Crippen LogP contribution in [0.15, 0.2) is 134 Å². The van der Waals surface area contributed by atoms with Crippen molar-refractivity contribution in [2.24, 2.45) is 0 Å². The molecule has 2 N–H and O–H groups in total. The lowest BCUT2D eigenvalue weighted by Crippen LogP contribution is -2.47. The van der Waals surface area contributed by atoms with Gasteiger partial charge in [-0.1, -0.05) is 238 Å². The van der Waals surface area contributed by atoms with Crippen LogP contribution in [0.3, 0.4) is 0 Å². The molecule has 0 bridgehead atoms. The van der Waals surface area contributed by atoms with Crippen LogP contribution in [0.5, 0.6) is 0 Å². The normalized spacial score (nSPS) is 14.6. The summed E-state index contributed by atoms with van der Waals surface area (Å²) in [6, 6.07) is -0.902. The van der Waals surface area contributed by atoms with E-state index in [1.165, 1.54) is 70.6 Å². The zero-order valence-corrected chi connectivity index (χ0v) is 50.8. The molecule has 0 aliphatic carbocycles. The average molecular weight is 1090 g/mol. The zero-order valence-electron chi connectivity index (χ0n) is 49.9. The SMILES string of the molecule is CC/C=C\C/C=C\C/C=C\C/C=C\C/C=C\CCCCCCCCCC(=O)OC(/C=C\CCCCCCCCCCCC)C(COP(=O)(O)OCC[N+](C)(C)C)NC(=O)CC/C=C/C/C=C/C/C=C/C/C=C/C/C=C/CC. The van der Waals surface area contributed by atoms with Crippen molar-refractivity contribution in [3.63, 3.8) is 0 Å². The van der Waals surface area contributed by atoms with Crippen molar-refractivity contribution in [1.82, 2.24) is 5.32 Å². The lowest BCUT2D eigenvalue weighted by atomic mass is 10.1. The quantitative estimate of drug-likeness (QED) is 0.0205. The molecule has 0 aliphatic heterocycles. The number of esters is 1. The van der Waals surface area contributed by atoms with E-state index in [9.17, 15) is 19.0 Å². The minimum Gasteiger partial charge on any atom is -0.456 e. The van der Waals surface area contributed by atoms with Crippen LogP contribution in [-0.2, 0) is 27.9 Å². The molecule has 0 saturated heterocycles. The molecule has 0 fully saturated rings. The van der Waals surface area contributed by atoms with E-state index in [1.54, 1.807) is 0 Å². The van der Waals surface area contributed by atoms with E-state index >= 15 is 0 Å². The molecule has 0 radical (unpaired) electrons. The third-order valence-electron chi connectivity index (χ3n) is 12.6. The van der Waals surface area contributed by atoms with E-state index in [-0.39, 0.29) is 37.9 Å². The number of amides is 1. The van der Waals surface area contributed by atoms with Crippen LogP contribution in [0, 0.1) is 0 Å². The van der Waals surface area contributed by atoms with Gasteiger partial charge in [0.05, 0.1) is 33.8 Å². The van der Waals surface area contributed by atoms with Gasteiger partial charge in [-0.25, -0.2) is 4.57 Å². The molecule has 10 heteroatoms. The molecule has 438 valence electrons. The summed E-state index contributed by atoms with van der Waals surface area (Å²) < 4.78 is 30.6. The number of carbonyl (C=O) groups excluding carboxylic acids is 2. The first-order valence-electron chi connectivity index (χ1n) is 30.5. The Kier molecular flexibility index (Phi) is 52.7. The van der Waals surface area contributed by atoms with Gasteiger partial charge >= 0.3 is 13.8 Å². The number of phosphoric acid groups is 1. The number of rotatable bonds is 53. The van der Waals surface area contributed by atoms with Crippen LogP contribution in [0.1, 0.15) is 226 Å². The minimum atomic E-state index is -4.48. The Balaban J connectivity index is 5.36. The van der Waals surface area contributed by atoms with E-state index in [0.717, 1.165) is 109 Å². The molecule has 0 aliphatic rings. The Morgan fingerprint density at radius 3 is 1.27 bits per heavy atom. The first kappa shape index (κ1) is 73.2. The number of hydrogen-bond acceptors (Lipinski definition) is 6. The standard InChI is InChI=1S/C67H113N2O7P/c1-7-10-13-16-19-22-25-28-30-32-33-34-35-36-37-38-40-42-45-48-51-54-57-60-67(71)76-65(58-55-52-49-46-43-27-24-21-18-15-12-9-3)64(63-75-77(72,73)74-62-61-69(4,5)6)68-66(70)59-56-53-50-47-44-41-39-31-29-26-23-20-17-14-11-8-2/h10-11,13-14,19-20,22-23,28-31,33-34,36-37,41,44,50,53,55,58,64-65H,7-9,12,15-18,21,24-27,32,35,38-40,42-43,45-49,51-52,54,56-57,59-63H2,1-6H3,(H-,68,70,72,73)/p+1/b13-10-,14-11+,22-19-,23-20+,30-28-,31-29+,34-33-,37-36-,44-41+,53-50+,58-55-. The predicted octanol–water partition coefficient (Wildman–Crippen LogP) is 18.9. The van der Waals surface area contributed by atoms with Crippen LogP contribution < -0.4 is 5.32 Å². The molecular weight excluding hydrogens is 976 g/mol. The lowest BCUT2D eigenvalue weighted by Gasteiger charge is -2.27. The molecule has 0 spiro atoms. The van der Waals surface area contributed by atoms with E-state index in [2.05, 4.69) is 135 Å². The van der Waals surface area contributed by atoms with Crippen molar-refractivity contribution in [2.75, 3.05) is 40.9 Å². The second kappa shape index (κ2) is 55.5. The first-order chi connectivity index (χ1) is 37.4. The highest BCUT2D eigenvalue weighted by Crippen LogP contribution is 2.43. The van der Waals surface area contributed by atoms with Gasteiger partial charge in [-0.3, -0.25) is 18.6 Å². The number of allylic oxidation sites excluding steroid dienone is 21. The number of carbonyl (C=O) groups is 2. The average Bonchev–Trinajstić information content (AvgIpc) is 3.39. The molecule has 3 atom stereocenters. The van der Waals surface area contributed by atoms with Gasteiger partial charge in [0.2, 0.25) is 5.91 Å². The van der Waals surface area contributed by atoms with Crippen LogP contribution in [0.25, 0.3) is 0 Å².